The van der Waals surface area contributed by atoms with Gasteiger partial charge in [0.25, 0.3) is 5.56 Å². The fraction of sp³-hybridized carbons (Fsp3) is 0.286. The van der Waals surface area contributed by atoms with Gasteiger partial charge in [-0.3, -0.25) is 9.78 Å². The molecule has 0 bridgehead atoms. The molecule has 0 unspecified atom stereocenters. The van der Waals surface area contributed by atoms with Gasteiger partial charge >= 0.3 is 5.69 Å². The number of nitriles is 1. The second-order valence-corrected chi connectivity index (χ2v) is 7.77. The third kappa shape index (κ3) is 5.28. The Balaban J connectivity index is 1.95. The number of H-pyrrole nitrogens is 1. The zero-order valence-corrected chi connectivity index (χ0v) is 18.7. The molecule has 0 atom stereocenters. The first kappa shape index (κ1) is 23.3. The summed E-state index contributed by atoms with van der Waals surface area (Å²) >= 11 is 12.6. The van der Waals surface area contributed by atoms with Crippen LogP contribution in [0, 0.1) is 17.2 Å². The molecule has 11 heteroatoms. The average Bonchev–Trinajstić information content (AvgIpc) is 3.58. The van der Waals surface area contributed by atoms with E-state index in [1.54, 1.807) is 19.1 Å². The molecular formula is C21H19Cl2N5O4. The fourth-order valence-electron chi connectivity index (χ4n) is 2.78. The van der Waals surface area contributed by atoms with Gasteiger partial charge in [0.05, 0.1) is 21.4 Å². The van der Waals surface area contributed by atoms with Crippen LogP contribution >= 0.6 is 23.2 Å². The maximum Gasteiger partial charge on any atom is 0.349 e. The Bertz CT molecular complexity index is 1270. The number of ether oxygens (including phenoxy) is 1. The molecule has 166 valence electrons. The number of benzene rings is 1. The van der Waals surface area contributed by atoms with Gasteiger partial charge in [-0.25, -0.2) is 9.79 Å². The number of rotatable bonds is 6. The summed E-state index contributed by atoms with van der Waals surface area (Å²) in [5.74, 6) is 0.554. The third-order valence-electron chi connectivity index (χ3n) is 4.43. The van der Waals surface area contributed by atoms with Crippen LogP contribution in [0.5, 0.6) is 5.75 Å². The van der Waals surface area contributed by atoms with E-state index in [-0.39, 0.29) is 39.1 Å². The summed E-state index contributed by atoms with van der Waals surface area (Å²) in [5.41, 5.74) is -1.59. The maximum absolute atomic E-state index is 12.1. The van der Waals surface area contributed by atoms with Crippen molar-refractivity contribution in [3.8, 4) is 17.5 Å². The van der Waals surface area contributed by atoms with Crippen molar-refractivity contribution in [1.29, 1.82) is 5.26 Å². The smallest absolute Gasteiger partial charge is 0.349 e. The Morgan fingerprint density at radius 2 is 2.06 bits per heavy atom. The first-order valence-electron chi connectivity index (χ1n) is 9.71. The number of hydrogen-bond acceptors (Lipinski definition) is 7. The average molecular weight is 476 g/mol. The molecular weight excluding hydrogens is 457 g/mol. The monoisotopic (exact) mass is 475 g/mol. The molecule has 0 saturated heterocycles. The van der Waals surface area contributed by atoms with Gasteiger partial charge in [-0.15, -0.1) is 5.10 Å². The van der Waals surface area contributed by atoms with Crippen LogP contribution in [0.2, 0.25) is 10.0 Å². The molecule has 2 aromatic rings. The highest BCUT2D eigenvalue weighted by Crippen LogP contribution is 2.39. The van der Waals surface area contributed by atoms with E-state index in [0.717, 1.165) is 23.9 Å². The summed E-state index contributed by atoms with van der Waals surface area (Å²) in [5, 5.41) is 23.1. The van der Waals surface area contributed by atoms with Gasteiger partial charge in [-0.2, -0.15) is 9.94 Å². The molecule has 1 saturated carbocycles. The molecule has 0 spiro atoms. The molecule has 0 radical (unpaired) electrons. The van der Waals surface area contributed by atoms with E-state index in [2.05, 4.69) is 10.1 Å². The highest BCUT2D eigenvalue weighted by atomic mass is 35.5. The number of nitrogens with one attached hydrogen (secondary N) is 1. The van der Waals surface area contributed by atoms with Crippen molar-refractivity contribution in [3.05, 3.63) is 72.3 Å². The lowest BCUT2D eigenvalue weighted by molar-refractivity contribution is 0.419. The van der Waals surface area contributed by atoms with Crippen molar-refractivity contribution in [2.75, 3.05) is 0 Å². The fourth-order valence-corrected chi connectivity index (χ4v) is 3.34. The van der Waals surface area contributed by atoms with E-state index in [1.165, 1.54) is 12.1 Å². The van der Waals surface area contributed by atoms with Crippen LogP contribution in [-0.4, -0.2) is 25.8 Å². The number of halogens is 2. The van der Waals surface area contributed by atoms with Crippen LogP contribution in [0.25, 0.3) is 5.69 Å². The number of aliphatic imine (C=N–C) groups is 1. The second-order valence-electron chi connectivity index (χ2n) is 6.96. The number of aromatic nitrogens is 3. The Morgan fingerprint density at radius 1 is 1.41 bits per heavy atom. The Hall–Kier alpha value is -3.35. The summed E-state index contributed by atoms with van der Waals surface area (Å²) in [6.45, 7) is 3.57. The third-order valence-corrected chi connectivity index (χ3v) is 4.99. The predicted molar refractivity (Wildman–Crippen MR) is 121 cm³/mol. The van der Waals surface area contributed by atoms with Crippen molar-refractivity contribution < 1.29 is 9.84 Å². The van der Waals surface area contributed by atoms with Crippen molar-refractivity contribution in [1.82, 2.24) is 14.8 Å². The number of nitrogens with zero attached hydrogens (tertiary/aromatic N) is 4. The van der Waals surface area contributed by atoms with Gasteiger partial charge in [0.15, 0.2) is 11.6 Å². The minimum Gasteiger partial charge on any atom is -0.506 e. The van der Waals surface area contributed by atoms with E-state index in [4.69, 9.17) is 33.2 Å². The number of allylic oxidation sites excluding steroid dienone is 3. The molecule has 9 nitrogen and oxygen atoms in total. The van der Waals surface area contributed by atoms with Crippen LogP contribution in [0.3, 0.4) is 0 Å². The summed E-state index contributed by atoms with van der Waals surface area (Å²) in [7, 11) is 0. The van der Waals surface area contributed by atoms with Gasteiger partial charge in [-0.1, -0.05) is 36.2 Å². The molecule has 1 aromatic carbocycles. The summed E-state index contributed by atoms with van der Waals surface area (Å²) in [4.78, 5) is 30.0. The van der Waals surface area contributed by atoms with Gasteiger partial charge in [-0.05, 0) is 37.5 Å². The lowest BCUT2D eigenvalue weighted by Crippen LogP contribution is -2.33. The summed E-state index contributed by atoms with van der Waals surface area (Å²) < 4.78 is 6.52. The van der Waals surface area contributed by atoms with Crippen molar-refractivity contribution in [2.45, 2.75) is 33.1 Å². The normalized spacial score (nSPS) is 14.9. The molecule has 1 aliphatic carbocycles. The first-order valence-corrected chi connectivity index (χ1v) is 10.5. The summed E-state index contributed by atoms with van der Waals surface area (Å²) in [6, 6.07) is 4.30. The molecule has 0 aliphatic heterocycles. The number of aromatic amines is 1. The Morgan fingerprint density at radius 3 is 2.62 bits per heavy atom. The molecule has 3 rings (SSSR count). The largest absolute Gasteiger partial charge is 0.506 e. The highest BCUT2D eigenvalue weighted by Gasteiger charge is 2.29. The lowest BCUT2D eigenvalue weighted by atomic mass is 10.2. The van der Waals surface area contributed by atoms with Crippen LogP contribution in [0.15, 0.2) is 50.3 Å². The van der Waals surface area contributed by atoms with Gasteiger partial charge in [0.2, 0.25) is 5.69 Å². The highest BCUT2D eigenvalue weighted by molar-refractivity contribution is 6.37. The standard InChI is InChI=1S/C21H19Cl2N5O4/c1-3-4-5-17(29)18(12-6-7-12)25-11(2)32-19-14(22)8-13(9-15(19)23)28-21(31)26-20(30)16(10-24)27-28/h4-5,8-9,12,29H,3,6-7H2,1-2H3,(H,26,30,31)/b5-4+,18-17+,25-11+. The van der Waals surface area contributed by atoms with Crippen molar-refractivity contribution in [2.24, 2.45) is 10.9 Å². The number of aliphatic hydroxyl groups is 1. The van der Waals surface area contributed by atoms with Crippen LogP contribution in [-0.2, 0) is 0 Å². The van der Waals surface area contributed by atoms with Crippen LogP contribution in [0.4, 0.5) is 0 Å². The van der Waals surface area contributed by atoms with Crippen molar-refractivity contribution in [3.63, 3.8) is 0 Å². The molecule has 1 heterocycles. The van der Waals surface area contributed by atoms with Gasteiger partial charge in [0.1, 0.15) is 11.8 Å². The van der Waals surface area contributed by atoms with E-state index < -0.39 is 16.9 Å². The van der Waals surface area contributed by atoms with E-state index in [1.807, 2.05) is 18.0 Å². The Labute approximate surface area is 192 Å². The van der Waals surface area contributed by atoms with E-state index >= 15 is 0 Å². The van der Waals surface area contributed by atoms with Crippen molar-refractivity contribution >= 4 is 29.1 Å². The minimum absolute atomic E-state index is 0.0486. The predicted octanol–water partition coefficient (Wildman–Crippen LogP) is 4.04. The molecule has 0 amide bonds. The van der Waals surface area contributed by atoms with Gasteiger partial charge < -0.3 is 9.84 Å². The number of aliphatic hydroxyl groups excluding tert-OH is 1. The summed E-state index contributed by atoms with van der Waals surface area (Å²) in [6.07, 6.45) is 6.09. The second kappa shape index (κ2) is 9.85. The lowest BCUT2D eigenvalue weighted by Gasteiger charge is -2.12. The van der Waals surface area contributed by atoms with Crippen LogP contribution in [0.1, 0.15) is 38.8 Å². The zero-order chi connectivity index (χ0) is 23.4. The Kier molecular flexibility index (Phi) is 7.18. The topological polar surface area (TPSA) is 133 Å². The minimum atomic E-state index is -0.894. The zero-order valence-electron chi connectivity index (χ0n) is 17.2. The molecule has 1 fully saturated rings. The number of hydrogen-bond donors (Lipinski definition) is 2. The molecule has 2 N–H and O–H groups in total. The first-order chi connectivity index (χ1) is 15.2. The van der Waals surface area contributed by atoms with E-state index in [0.29, 0.717) is 5.70 Å². The van der Waals surface area contributed by atoms with E-state index in [9.17, 15) is 14.7 Å². The molecule has 32 heavy (non-hydrogen) atoms. The molecule has 1 aromatic heterocycles. The molecule has 1 aliphatic rings. The van der Waals surface area contributed by atoms with Gasteiger partial charge in [0, 0.05) is 12.8 Å². The SMILES string of the molecule is CC/C=C/C(O)=C(\N=C(/C)Oc1c(Cl)cc(-n2nc(C#N)c(=O)[nH]c2=O)cc1Cl)C1CC1. The van der Waals surface area contributed by atoms with Crippen LogP contribution < -0.4 is 16.0 Å². The quantitative estimate of drug-likeness (QED) is 0.280. The maximum atomic E-state index is 12.1.